The van der Waals surface area contributed by atoms with E-state index in [1.807, 2.05) is 0 Å². The van der Waals surface area contributed by atoms with Crippen molar-refractivity contribution in [3.8, 4) is 0 Å². The lowest BCUT2D eigenvalue weighted by molar-refractivity contribution is -0.190. The number of rotatable bonds is 3. The minimum atomic E-state index is -3.82. The van der Waals surface area contributed by atoms with Gasteiger partial charge < -0.3 is 10.0 Å². The number of alkyl halides is 2. The Morgan fingerprint density at radius 1 is 1.62 bits per heavy atom. The van der Waals surface area contributed by atoms with Crippen LogP contribution in [0.1, 0.15) is 6.92 Å². The van der Waals surface area contributed by atoms with Gasteiger partial charge in [0.25, 0.3) is 0 Å². The molecule has 74 valence electrons. The molecule has 0 aliphatic carbocycles. The van der Waals surface area contributed by atoms with Crippen molar-refractivity contribution in [1.82, 2.24) is 9.80 Å². The molecule has 13 heavy (non-hydrogen) atoms. The zero-order valence-electron chi connectivity index (χ0n) is 7.07. The second-order valence-electron chi connectivity index (χ2n) is 2.66. The zero-order valence-corrected chi connectivity index (χ0v) is 7.07. The van der Waals surface area contributed by atoms with Crippen molar-refractivity contribution in [2.24, 2.45) is 0 Å². The van der Waals surface area contributed by atoms with Gasteiger partial charge in [-0.15, -0.1) is 0 Å². The molecule has 1 aliphatic rings. The van der Waals surface area contributed by atoms with Crippen molar-refractivity contribution < 1.29 is 18.7 Å². The quantitative estimate of drug-likeness (QED) is 0.669. The number of aliphatic carboxylic acids is 1. The molecule has 4 nitrogen and oxygen atoms in total. The van der Waals surface area contributed by atoms with E-state index >= 15 is 0 Å². The molecule has 0 radical (unpaired) electrons. The van der Waals surface area contributed by atoms with Crippen molar-refractivity contribution in [2.45, 2.75) is 13.0 Å². The van der Waals surface area contributed by atoms with Gasteiger partial charge in [-0.2, -0.15) is 8.78 Å². The summed E-state index contributed by atoms with van der Waals surface area (Å²) in [7, 11) is 0. The lowest BCUT2D eigenvalue weighted by Crippen LogP contribution is -2.45. The highest BCUT2D eigenvalue weighted by Crippen LogP contribution is 2.23. The van der Waals surface area contributed by atoms with E-state index in [0.717, 1.165) is 6.20 Å². The number of hydrogen-bond donors (Lipinski definition) is 1. The van der Waals surface area contributed by atoms with Crippen LogP contribution >= 0.6 is 0 Å². The van der Waals surface area contributed by atoms with Crippen molar-refractivity contribution >= 4 is 5.97 Å². The SMILES string of the molecule is CCN1C=CN(C(F)(F)C(=O)O)C1. The maximum Gasteiger partial charge on any atom is 0.424 e. The van der Waals surface area contributed by atoms with Crippen LogP contribution in [0.4, 0.5) is 8.78 Å². The molecular weight excluding hydrogens is 182 g/mol. The van der Waals surface area contributed by atoms with Gasteiger partial charge in [0, 0.05) is 18.9 Å². The van der Waals surface area contributed by atoms with Gasteiger partial charge >= 0.3 is 12.0 Å². The van der Waals surface area contributed by atoms with E-state index in [-0.39, 0.29) is 6.67 Å². The largest absolute Gasteiger partial charge is 0.475 e. The number of nitrogens with zero attached hydrogens (tertiary/aromatic N) is 2. The summed E-state index contributed by atoms with van der Waals surface area (Å²) in [5, 5.41) is 8.22. The first kappa shape index (κ1) is 9.76. The van der Waals surface area contributed by atoms with Gasteiger partial charge in [0.2, 0.25) is 0 Å². The van der Waals surface area contributed by atoms with E-state index in [1.165, 1.54) is 6.20 Å². The van der Waals surface area contributed by atoms with Crippen LogP contribution in [0.2, 0.25) is 0 Å². The number of carboxylic acids is 1. The van der Waals surface area contributed by atoms with Crippen molar-refractivity contribution in [2.75, 3.05) is 13.2 Å². The molecule has 0 spiro atoms. The number of carboxylic acid groups (broad SMARTS) is 1. The molecule has 0 amide bonds. The molecular formula is C7H10F2N2O2. The Hall–Kier alpha value is -1.33. The van der Waals surface area contributed by atoms with Crippen molar-refractivity contribution in [3.05, 3.63) is 12.4 Å². The summed E-state index contributed by atoms with van der Waals surface area (Å²) in [5.74, 6) is -2.13. The summed E-state index contributed by atoms with van der Waals surface area (Å²) in [4.78, 5) is 12.2. The van der Waals surface area contributed by atoms with Crippen LogP contribution in [0.15, 0.2) is 12.4 Å². The monoisotopic (exact) mass is 192 g/mol. The van der Waals surface area contributed by atoms with Gasteiger partial charge in [-0.25, -0.2) is 4.79 Å². The normalized spacial score (nSPS) is 16.8. The summed E-state index contributed by atoms with van der Waals surface area (Å²) in [6.45, 7) is 2.28. The van der Waals surface area contributed by atoms with Crippen LogP contribution < -0.4 is 0 Å². The molecule has 0 saturated heterocycles. The lowest BCUT2D eigenvalue weighted by Gasteiger charge is -2.25. The fourth-order valence-electron chi connectivity index (χ4n) is 0.975. The molecule has 1 rings (SSSR count). The first-order valence-electron chi connectivity index (χ1n) is 3.78. The van der Waals surface area contributed by atoms with Crippen molar-refractivity contribution in [3.63, 3.8) is 0 Å². The third-order valence-corrected chi connectivity index (χ3v) is 1.82. The van der Waals surface area contributed by atoms with Gasteiger partial charge in [-0.3, -0.25) is 4.90 Å². The maximum absolute atomic E-state index is 12.8. The summed E-state index contributed by atoms with van der Waals surface area (Å²) in [6, 6.07) is -3.82. The molecule has 0 atom stereocenters. The maximum atomic E-state index is 12.8. The van der Waals surface area contributed by atoms with Crippen LogP contribution in [0.5, 0.6) is 0 Å². The molecule has 0 aromatic rings. The summed E-state index contributed by atoms with van der Waals surface area (Å²) >= 11 is 0. The Labute approximate surface area is 74.0 Å². The molecule has 0 saturated carbocycles. The highest BCUT2D eigenvalue weighted by Gasteiger charge is 2.45. The Bertz CT molecular complexity index is 243. The fourth-order valence-corrected chi connectivity index (χ4v) is 0.975. The van der Waals surface area contributed by atoms with E-state index in [4.69, 9.17) is 5.11 Å². The molecule has 1 heterocycles. The smallest absolute Gasteiger partial charge is 0.424 e. The predicted octanol–water partition coefficient (Wildman–Crippen LogP) is 0.730. The summed E-state index contributed by atoms with van der Waals surface area (Å²) in [5.41, 5.74) is 0. The topological polar surface area (TPSA) is 43.8 Å². The molecule has 0 fully saturated rings. The molecule has 1 aliphatic heterocycles. The second-order valence-corrected chi connectivity index (χ2v) is 2.66. The molecule has 1 N–H and O–H groups in total. The van der Waals surface area contributed by atoms with Crippen molar-refractivity contribution in [1.29, 1.82) is 0 Å². The Balaban J connectivity index is 2.66. The first-order chi connectivity index (χ1) is 5.98. The van der Waals surface area contributed by atoms with Crippen LogP contribution in [0, 0.1) is 0 Å². The van der Waals surface area contributed by atoms with Gasteiger partial charge in [0.05, 0.1) is 6.67 Å². The Kier molecular flexibility index (Phi) is 2.40. The third kappa shape index (κ3) is 1.71. The molecule has 0 bridgehead atoms. The number of hydrogen-bond acceptors (Lipinski definition) is 3. The van der Waals surface area contributed by atoms with Gasteiger partial charge in [0.15, 0.2) is 0 Å². The highest BCUT2D eigenvalue weighted by molar-refractivity contribution is 5.74. The third-order valence-electron chi connectivity index (χ3n) is 1.82. The van der Waals surface area contributed by atoms with E-state index in [9.17, 15) is 13.6 Å². The van der Waals surface area contributed by atoms with Crippen LogP contribution in [-0.2, 0) is 4.79 Å². The standard InChI is InChI=1S/C7H10F2N2O2/c1-2-10-3-4-11(5-10)7(8,9)6(12)13/h3-4H,2,5H2,1H3,(H,12,13). The van der Waals surface area contributed by atoms with Gasteiger partial charge in [0.1, 0.15) is 0 Å². The Morgan fingerprint density at radius 3 is 2.62 bits per heavy atom. The van der Waals surface area contributed by atoms with E-state index in [0.29, 0.717) is 11.4 Å². The van der Waals surface area contributed by atoms with Gasteiger partial charge in [-0.05, 0) is 6.92 Å². The number of halogens is 2. The molecule has 0 unspecified atom stereocenters. The average molecular weight is 192 g/mol. The highest BCUT2D eigenvalue weighted by atomic mass is 19.3. The van der Waals surface area contributed by atoms with Crippen LogP contribution in [0.3, 0.4) is 0 Å². The van der Waals surface area contributed by atoms with Crippen LogP contribution in [0.25, 0.3) is 0 Å². The van der Waals surface area contributed by atoms with Crippen LogP contribution in [-0.4, -0.2) is 40.1 Å². The second kappa shape index (κ2) is 3.20. The minimum absolute atomic E-state index is 0.0875. The Morgan fingerprint density at radius 2 is 2.23 bits per heavy atom. The average Bonchev–Trinajstić information content (AvgIpc) is 2.51. The molecule has 6 heteroatoms. The molecule has 0 aromatic carbocycles. The van der Waals surface area contributed by atoms with E-state index < -0.39 is 12.0 Å². The summed E-state index contributed by atoms with van der Waals surface area (Å²) < 4.78 is 25.6. The summed E-state index contributed by atoms with van der Waals surface area (Å²) in [6.07, 6.45) is 2.52. The zero-order chi connectivity index (χ0) is 10.1. The minimum Gasteiger partial charge on any atom is -0.475 e. The van der Waals surface area contributed by atoms with Gasteiger partial charge in [-0.1, -0.05) is 0 Å². The lowest BCUT2D eigenvalue weighted by atomic mass is 10.5. The predicted molar refractivity (Wildman–Crippen MR) is 40.8 cm³/mol. The first-order valence-corrected chi connectivity index (χ1v) is 3.78. The molecule has 0 aromatic heterocycles. The number of carbonyl (C=O) groups is 1. The van der Waals surface area contributed by atoms with E-state index in [1.54, 1.807) is 11.8 Å². The van der Waals surface area contributed by atoms with E-state index in [2.05, 4.69) is 0 Å². The fraction of sp³-hybridized carbons (Fsp3) is 0.571.